The molecule has 0 fully saturated rings. The van der Waals surface area contributed by atoms with Crippen LogP contribution >= 0.6 is 0 Å². The predicted molar refractivity (Wildman–Crippen MR) is 134 cm³/mol. The van der Waals surface area contributed by atoms with Crippen molar-refractivity contribution in [1.82, 2.24) is 0 Å². The zero-order chi connectivity index (χ0) is 23.1. The molecule has 0 saturated carbocycles. The minimum Gasteiger partial charge on any atom is -0.266 e. The lowest BCUT2D eigenvalue weighted by Crippen LogP contribution is -2.09. The Labute approximate surface area is 196 Å². The molecule has 0 N–H and O–H groups in total. The quantitative estimate of drug-likeness (QED) is 0.218. The van der Waals surface area contributed by atoms with Gasteiger partial charge in [0.1, 0.15) is 0 Å². The molecule has 0 unspecified atom stereocenters. The van der Waals surface area contributed by atoms with Gasteiger partial charge in [-0.2, -0.15) is 8.42 Å². The lowest BCUT2D eigenvalue weighted by molar-refractivity contribution is 0.326. The maximum Gasteiger partial charge on any atom is 0.296 e. The maximum atomic E-state index is 12.7. The molecule has 0 aliphatic heterocycles. The van der Waals surface area contributed by atoms with Gasteiger partial charge in [-0.1, -0.05) is 109 Å². The van der Waals surface area contributed by atoms with Crippen LogP contribution in [0.4, 0.5) is 0 Å². The van der Waals surface area contributed by atoms with Crippen LogP contribution in [0.15, 0.2) is 120 Å². The fraction of sp³-hybridized carbons (Fsp3) is 0.103. The zero-order valence-electron chi connectivity index (χ0n) is 18.5. The largest absolute Gasteiger partial charge is 0.296 e. The van der Waals surface area contributed by atoms with Gasteiger partial charge in [-0.05, 0) is 53.3 Å². The van der Waals surface area contributed by atoms with Crippen molar-refractivity contribution >= 4 is 21.3 Å². The van der Waals surface area contributed by atoms with Crippen molar-refractivity contribution in [3.8, 4) is 0 Å². The normalized spacial score (nSPS) is 11.2. The molecular formula is C29H26O3S. The van der Waals surface area contributed by atoms with Gasteiger partial charge < -0.3 is 0 Å². The molecule has 0 heterocycles. The van der Waals surface area contributed by atoms with Crippen LogP contribution in [0.5, 0.6) is 0 Å². The lowest BCUT2D eigenvalue weighted by atomic mass is 9.88. The minimum absolute atomic E-state index is 0.0452. The van der Waals surface area contributed by atoms with E-state index >= 15 is 0 Å². The molecule has 4 aromatic rings. The van der Waals surface area contributed by atoms with E-state index in [0.717, 1.165) is 33.4 Å². The average Bonchev–Trinajstić information content (AvgIpc) is 2.85. The van der Waals surface area contributed by atoms with E-state index < -0.39 is 10.1 Å². The first-order chi connectivity index (χ1) is 16.0. The summed E-state index contributed by atoms with van der Waals surface area (Å²) in [6, 6.07) is 37.1. The highest BCUT2D eigenvalue weighted by molar-refractivity contribution is 7.86. The average molecular weight is 455 g/mol. The van der Waals surface area contributed by atoms with E-state index in [9.17, 15) is 8.42 Å². The fourth-order valence-electron chi connectivity index (χ4n) is 3.80. The third-order valence-corrected chi connectivity index (χ3v) is 6.78. The van der Waals surface area contributed by atoms with Crippen molar-refractivity contribution < 1.29 is 12.6 Å². The van der Waals surface area contributed by atoms with Gasteiger partial charge in [0.2, 0.25) is 0 Å². The molecular weight excluding hydrogens is 428 g/mol. The van der Waals surface area contributed by atoms with Gasteiger partial charge in [0, 0.05) is 0 Å². The number of aryl methyl sites for hydroxylation is 1. The van der Waals surface area contributed by atoms with E-state index in [1.807, 2.05) is 61.5 Å². The summed E-state index contributed by atoms with van der Waals surface area (Å²) >= 11 is 0. The molecule has 4 rings (SSSR count). The molecule has 166 valence electrons. The Kier molecular flexibility index (Phi) is 7.18. The highest BCUT2D eigenvalue weighted by Crippen LogP contribution is 2.34. The first-order valence-corrected chi connectivity index (χ1v) is 12.3. The van der Waals surface area contributed by atoms with Crippen LogP contribution in [0.3, 0.4) is 0 Å². The second-order valence-electron chi connectivity index (χ2n) is 7.79. The Hall–Kier alpha value is -3.47. The monoisotopic (exact) mass is 454 g/mol. The van der Waals surface area contributed by atoms with Crippen LogP contribution in [0.25, 0.3) is 11.1 Å². The van der Waals surface area contributed by atoms with E-state index in [2.05, 4.69) is 36.4 Å². The Morgan fingerprint density at radius 2 is 1.09 bits per heavy atom. The summed E-state index contributed by atoms with van der Waals surface area (Å²) in [6.07, 6.45) is 0.439. The van der Waals surface area contributed by atoms with Gasteiger partial charge >= 0.3 is 0 Å². The van der Waals surface area contributed by atoms with Crippen LogP contribution in [0.1, 0.15) is 28.7 Å². The molecule has 4 aromatic carbocycles. The van der Waals surface area contributed by atoms with Crippen molar-refractivity contribution in [2.75, 3.05) is 6.61 Å². The van der Waals surface area contributed by atoms with E-state index in [1.54, 1.807) is 24.3 Å². The van der Waals surface area contributed by atoms with Gasteiger partial charge in [0.05, 0.1) is 11.5 Å². The van der Waals surface area contributed by atoms with Crippen LogP contribution < -0.4 is 0 Å². The highest BCUT2D eigenvalue weighted by atomic mass is 32.2. The van der Waals surface area contributed by atoms with Crippen LogP contribution in [-0.4, -0.2) is 15.0 Å². The first-order valence-electron chi connectivity index (χ1n) is 10.9. The Balaban J connectivity index is 1.73. The third-order valence-electron chi connectivity index (χ3n) is 5.45. The molecule has 0 atom stereocenters. The fourth-order valence-corrected chi connectivity index (χ4v) is 4.71. The summed E-state index contributed by atoms with van der Waals surface area (Å²) in [5, 5.41) is 0. The molecule has 0 spiro atoms. The molecule has 3 nitrogen and oxygen atoms in total. The molecule has 4 heteroatoms. The van der Waals surface area contributed by atoms with Crippen molar-refractivity contribution in [3.05, 3.63) is 138 Å². The van der Waals surface area contributed by atoms with Crippen LogP contribution in [-0.2, 0) is 14.3 Å². The zero-order valence-corrected chi connectivity index (χ0v) is 19.3. The van der Waals surface area contributed by atoms with Crippen LogP contribution in [0.2, 0.25) is 0 Å². The summed E-state index contributed by atoms with van der Waals surface area (Å²) in [5.74, 6) is 0. The Bertz CT molecular complexity index is 1270. The van der Waals surface area contributed by atoms with E-state index in [1.165, 1.54) is 0 Å². The molecule has 0 radical (unpaired) electrons. The molecule has 0 aliphatic rings. The number of benzene rings is 4. The summed E-state index contributed by atoms with van der Waals surface area (Å²) in [7, 11) is -3.83. The van der Waals surface area contributed by atoms with Crippen molar-refractivity contribution in [2.24, 2.45) is 0 Å². The summed E-state index contributed by atoms with van der Waals surface area (Å²) in [4.78, 5) is 0.171. The molecule has 0 saturated heterocycles. The second kappa shape index (κ2) is 10.4. The topological polar surface area (TPSA) is 43.4 Å². The van der Waals surface area contributed by atoms with Crippen LogP contribution in [0, 0.1) is 6.92 Å². The van der Waals surface area contributed by atoms with E-state index in [-0.39, 0.29) is 11.5 Å². The second-order valence-corrected chi connectivity index (χ2v) is 9.41. The van der Waals surface area contributed by atoms with Gasteiger partial charge in [0.15, 0.2) is 0 Å². The summed E-state index contributed by atoms with van der Waals surface area (Å²) in [5.41, 5.74) is 6.29. The smallest absolute Gasteiger partial charge is 0.266 e. The highest BCUT2D eigenvalue weighted by Gasteiger charge is 2.18. The molecule has 0 bridgehead atoms. The van der Waals surface area contributed by atoms with Crippen molar-refractivity contribution in [3.63, 3.8) is 0 Å². The first kappa shape index (κ1) is 22.7. The van der Waals surface area contributed by atoms with Crippen molar-refractivity contribution in [2.45, 2.75) is 18.2 Å². The third kappa shape index (κ3) is 5.67. The van der Waals surface area contributed by atoms with Gasteiger partial charge in [-0.25, -0.2) is 0 Å². The molecule has 0 aliphatic carbocycles. The van der Waals surface area contributed by atoms with Gasteiger partial charge in [-0.15, -0.1) is 0 Å². The van der Waals surface area contributed by atoms with Gasteiger partial charge in [0.25, 0.3) is 10.1 Å². The van der Waals surface area contributed by atoms with Crippen molar-refractivity contribution in [1.29, 1.82) is 0 Å². The SMILES string of the molecule is Cc1ccc(S(=O)(=O)OCCC(=C(c2ccccc2)c2ccccc2)c2ccccc2)cc1. The summed E-state index contributed by atoms with van der Waals surface area (Å²) in [6.45, 7) is 1.96. The number of hydrogen-bond donors (Lipinski definition) is 0. The summed E-state index contributed by atoms with van der Waals surface area (Å²) < 4.78 is 30.9. The maximum absolute atomic E-state index is 12.7. The molecule has 0 aromatic heterocycles. The molecule has 33 heavy (non-hydrogen) atoms. The Morgan fingerprint density at radius 1 is 0.636 bits per heavy atom. The Morgan fingerprint density at radius 3 is 1.58 bits per heavy atom. The van der Waals surface area contributed by atoms with Gasteiger partial charge in [-0.3, -0.25) is 4.18 Å². The number of hydrogen-bond acceptors (Lipinski definition) is 3. The van der Waals surface area contributed by atoms with E-state index in [0.29, 0.717) is 6.42 Å². The number of rotatable bonds is 8. The molecule has 0 amide bonds. The lowest BCUT2D eigenvalue weighted by Gasteiger charge is -2.17. The minimum atomic E-state index is -3.83. The predicted octanol–water partition coefficient (Wildman–Crippen LogP) is 6.75. The van der Waals surface area contributed by atoms with E-state index in [4.69, 9.17) is 4.18 Å². The standard InChI is InChI=1S/C29H26O3S/c1-23-17-19-27(20-18-23)33(30,31)32-22-21-28(24-11-5-2-6-12-24)29(25-13-7-3-8-14-25)26-15-9-4-10-16-26/h2-20H,21-22H2,1H3.